The number of hydrazine groups is 1. The smallest absolute Gasteiger partial charge is 0.434 e. The molecule has 1 fully saturated rings. The van der Waals surface area contributed by atoms with Crippen LogP contribution in [0.4, 0.5) is 22.0 Å². The molecule has 0 spiro atoms. The van der Waals surface area contributed by atoms with Crippen LogP contribution in [0, 0.1) is 11.6 Å². The molecule has 0 amide bonds. The van der Waals surface area contributed by atoms with Crippen molar-refractivity contribution < 1.29 is 31.4 Å². The Balaban J connectivity index is 1.73. The summed E-state index contributed by atoms with van der Waals surface area (Å²) in [6.07, 6.45) is -2.22. The molecule has 0 bridgehead atoms. The summed E-state index contributed by atoms with van der Waals surface area (Å²) < 4.78 is 82.0. The highest BCUT2D eigenvalue weighted by atomic mass is 19.4. The number of imidazole rings is 1. The van der Waals surface area contributed by atoms with Crippen molar-refractivity contribution in [1.82, 2.24) is 24.9 Å². The Morgan fingerprint density at radius 3 is 2.58 bits per heavy atom. The van der Waals surface area contributed by atoms with Gasteiger partial charge in [0.05, 0.1) is 42.2 Å². The molecule has 5 N–H and O–H groups in total. The van der Waals surface area contributed by atoms with Crippen LogP contribution in [0.3, 0.4) is 0 Å². The summed E-state index contributed by atoms with van der Waals surface area (Å²) in [5, 5.41) is 0. The molecule has 38 heavy (non-hydrogen) atoms. The maximum Gasteiger partial charge on any atom is 0.434 e. The van der Waals surface area contributed by atoms with Gasteiger partial charge >= 0.3 is 6.18 Å². The van der Waals surface area contributed by atoms with E-state index in [0.29, 0.717) is 25.8 Å². The topological polar surface area (TPSA) is 116 Å². The first-order valence-electron chi connectivity index (χ1n) is 11.5. The Kier molecular flexibility index (Phi) is 8.14. The number of nitrogens with zero attached hydrogens (tertiary/aromatic N) is 4. The molecule has 0 atom stereocenters. The van der Waals surface area contributed by atoms with E-state index in [2.05, 4.69) is 14.9 Å². The number of aromatic nitrogens is 3. The number of hydrogen-bond donors (Lipinski definition) is 3. The van der Waals surface area contributed by atoms with Crippen molar-refractivity contribution in [2.75, 3.05) is 39.5 Å². The molecule has 3 heterocycles. The van der Waals surface area contributed by atoms with E-state index >= 15 is 4.39 Å². The maximum atomic E-state index is 15.2. The molecule has 4 rings (SSSR count). The van der Waals surface area contributed by atoms with Gasteiger partial charge in [0, 0.05) is 50.6 Å². The summed E-state index contributed by atoms with van der Waals surface area (Å²) in [6, 6.07) is 4.32. The number of alkyl halides is 3. The number of ether oxygens (including phenoxy) is 2. The predicted molar refractivity (Wildman–Crippen MR) is 129 cm³/mol. The number of morpholine rings is 1. The first kappa shape index (κ1) is 27.3. The van der Waals surface area contributed by atoms with Crippen LogP contribution in [0.2, 0.25) is 0 Å². The van der Waals surface area contributed by atoms with E-state index in [0.717, 1.165) is 19.2 Å². The molecule has 0 unspecified atom stereocenters. The van der Waals surface area contributed by atoms with Crippen LogP contribution < -0.4 is 21.7 Å². The third-order valence-corrected chi connectivity index (χ3v) is 5.97. The highest BCUT2D eigenvalue weighted by molar-refractivity contribution is 5.82. The van der Waals surface area contributed by atoms with Gasteiger partial charge in [0.1, 0.15) is 29.7 Å². The van der Waals surface area contributed by atoms with Gasteiger partial charge in [0.25, 0.3) is 0 Å². The van der Waals surface area contributed by atoms with Crippen LogP contribution in [-0.2, 0) is 11.8 Å². The summed E-state index contributed by atoms with van der Waals surface area (Å²) in [6.45, 7) is 3.30. The molecule has 0 saturated carbocycles. The second-order valence-corrected chi connectivity index (χ2v) is 8.48. The molecule has 14 heteroatoms. The highest BCUT2D eigenvalue weighted by Gasteiger charge is 2.36. The van der Waals surface area contributed by atoms with Gasteiger partial charge in [-0.1, -0.05) is 0 Å². The van der Waals surface area contributed by atoms with Crippen LogP contribution in [0.15, 0.2) is 42.5 Å². The van der Waals surface area contributed by atoms with E-state index in [1.165, 1.54) is 29.2 Å². The average Bonchev–Trinajstić information content (AvgIpc) is 3.25. The number of allylic oxidation sites excluding steroid dienone is 1. The third kappa shape index (κ3) is 5.87. The van der Waals surface area contributed by atoms with Gasteiger partial charge in [-0.05, 0) is 12.1 Å². The minimum absolute atomic E-state index is 0.0431. The number of halogens is 5. The second kappa shape index (κ2) is 11.3. The molecule has 1 aromatic carbocycles. The fourth-order valence-electron chi connectivity index (χ4n) is 4.10. The van der Waals surface area contributed by atoms with Crippen molar-refractivity contribution in [3.63, 3.8) is 0 Å². The first-order valence-corrected chi connectivity index (χ1v) is 11.5. The minimum Gasteiger partial charge on any atom is -0.491 e. The Hall–Kier alpha value is -3.75. The molecule has 0 aliphatic carbocycles. The quantitative estimate of drug-likeness (QED) is 0.227. The molecule has 204 valence electrons. The third-order valence-electron chi connectivity index (χ3n) is 5.97. The minimum atomic E-state index is -4.83. The lowest BCUT2D eigenvalue weighted by Gasteiger charge is -2.26. The van der Waals surface area contributed by atoms with E-state index in [1.807, 2.05) is 0 Å². The van der Waals surface area contributed by atoms with Crippen molar-refractivity contribution in [3.8, 4) is 28.4 Å². The standard InChI is InChI=1S/C24H26F5N7O2/c1-35-13-33-21(17-10-14(2-3-32-17)20(30)23(34-31)24(27,28)29)22(35)19-16(26)11-15(25)12-18(19)38-9-6-36-4-7-37-8-5-36/h2-3,10-13,34H,4-9,30-31H2,1H3/b23-20-. The zero-order valence-corrected chi connectivity index (χ0v) is 20.4. The van der Waals surface area contributed by atoms with Gasteiger partial charge < -0.3 is 25.2 Å². The first-order chi connectivity index (χ1) is 18.1. The van der Waals surface area contributed by atoms with E-state index in [1.54, 1.807) is 12.5 Å². The number of rotatable bonds is 8. The van der Waals surface area contributed by atoms with Crippen LogP contribution >= 0.6 is 0 Å². The van der Waals surface area contributed by atoms with Crippen LogP contribution in [0.25, 0.3) is 28.3 Å². The van der Waals surface area contributed by atoms with Crippen LogP contribution in [0.5, 0.6) is 5.75 Å². The lowest BCUT2D eigenvalue weighted by Crippen LogP contribution is -2.38. The molecular weight excluding hydrogens is 513 g/mol. The van der Waals surface area contributed by atoms with Crippen molar-refractivity contribution in [2.45, 2.75) is 6.18 Å². The van der Waals surface area contributed by atoms with Gasteiger partial charge in [0.15, 0.2) is 5.70 Å². The van der Waals surface area contributed by atoms with Gasteiger partial charge in [0.2, 0.25) is 0 Å². The molecule has 1 aliphatic rings. The highest BCUT2D eigenvalue weighted by Crippen LogP contribution is 2.39. The van der Waals surface area contributed by atoms with Crippen molar-refractivity contribution in [3.05, 3.63) is 59.7 Å². The van der Waals surface area contributed by atoms with Crippen molar-refractivity contribution in [1.29, 1.82) is 0 Å². The van der Waals surface area contributed by atoms with E-state index in [-0.39, 0.29) is 40.6 Å². The Bertz CT molecular complexity index is 1320. The SMILES string of the molecule is Cn1cnc(-c2cc(/C(N)=C(/NN)C(F)(F)F)ccn2)c1-c1c(F)cc(F)cc1OCCN1CCOCC1. The molecule has 1 saturated heterocycles. The lowest BCUT2D eigenvalue weighted by atomic mass is 10.0. The fourth-order valence-corrected chi connectivity index (χ4v) is 4.10. The van der Waals surface area contributed by atoms with Crippen LogP contribution in [-0.4, -0.2) is 65.1 Å². The summed E-state index contributed by atoms with van der Waals surface area (Å²) in [5.74, 6) is 3.26. The zero-order chi connectivity index (χ0) is 27.4. The Morgan fingerprint density at radius 1 is 1.16 bits per heavy atom. The molecule has 9 nitrogen and oxygen atoms in total. The number of nitrogens with one attached hydrogen (secondary N) is 1. The van der Waals surface area contributed by atoms with Crippen LogP contribution in [0.1, 0.15) is 5.56 Å². The number of aryl methyl sites for hydroxylation is 1. The summed E-state index contributed by atoms with van der Waals surface area (Å²) in [4.78, 5) is 10.6. The summed E-state index contributed by atoms with van der Waals surface area (Å²) in [7, 11) is 1.59. The van der Waals surface area contributed by atoms with Crippen molar-refractivity contribution >= 4 is 5.70 Å². The van der Waals surface area contributed by atoms with Gasteiger partial charge in [-0.2, -0.15) is 13.2 Å². The number of benzene rings is 1. The van der Waals surface area contributed by atoms with Gasteiger partial charge in [-0.25, -0.2) is 13.8 Å². The number of nitrogens with two attached hydrogens (primary N) is 2. The molecule has 0 radical (unpaired) electrons. The molecule has 3 aromatic rings. The number of pyridine rings is 1. The monoisotopic (exact) mass is 539 g/mol. The second-order valence-electron chi connectivity index (χ2n) is 8.48. The fraction of sp³-hybridized carbons (Fsp3) is 0.333. The maximum absolute atomic E-state index is 15.2. The van der Waals surface area contributed by atoms with E-state index < -0.39 is 29.2 Å². The van der Waals surface area contributed by atoms with Gasteiger partial charge in [-0.15, -0.1) is 0 Å². The summed E-state index contributed by atoms with van der Waals surface area (Å²) >= 11 is 0. The zero-order valence-electron chi connectivity index (χ0n) is 20.4. The molecule has 1 aliphatic heterocycles. The normalized spacial score (nSPS) is 15.3. The summed E-state index contributed by atoms with van der Waals surface area (Å²) in [5.41, 5.74) is 5.62. The molecule has 2 aromatic heterocycles. The van der Waals surface area contributed by atoms with Crippen molar-refractivity contribution in [2.24, 2.45) is 18.6 Å². The van der Waals surface area contributed by atoms with E-state index in [4.69, 9.17) is 21.1 Å². The predicted octanol–water partition coefficient (Wildman–Crippen LogP) is 2.79. The Morgan fingerprint density at radius 2 is 1.89 bits per heavy atom. The lowest BCUT2D eigenvalue weighted by molar-refractivity contribution is -0.0961. The molecular formula is C24H26F5N7O2. The Labute approximate surface area is 214 Å². The average molecular weight is 540 g/mol. The van der Waals surface area contributed by atoms with E-state index in [9.17, 15) is 17.6 Å². The van der Waals surface area contributed by atoms with Gasteiger partial charge in [-0.3, -0.25) is 15.7 Å². The number of hydrogen-bond acceptors (Lipinski definition) is 8. The largest absolute Gasteiger partial charge is 0.491 e.